The second-order valence-electron chi connectivity index (χ2n) is 7.35. The van der Waals surface area contributed by atoms with Crippen molar-refractivity contribution >= 4 is 5.57 Å². The number of benzene rings is 2. The number of hydrogen-bond donors (Lipinski definition) is 1. The largest absolute Gasteiger partial charge is 0.505 e. The van der Waals surface area contributed by atoms with E-state index in [0.29, 0.717) is 12.8 Å². The zero-order chi connectivity index (χ0) is 20.1. The Morgan fingerprint density at radius 3 is 2.57 bits per heavy atom. The molecule has 1 unspecified atom stereocenters. The van der Waals surface area contributed by atoms with E-state index >= 15 is 0 Å². The summed E-state index contributed by atoms with van der Waals surface area (Å²) in [5.74, 6) is -2.92. The van der Waals surface area contributed by atoms with Gasteiger partial charge in [-0.25, -0.2) is 8.78 Å². The van der Waals surface area contributed by atoms with Gasteiger partial charge in [0.15, 0.2) is 11.6 Å². The van der Waals surface area contributed by atoms with Crippen LogP contribution in [0, 0.1) is 17.5 Å². The second-order valence-corrected chi connectivity index (χ2v) is 7.35. The molecule has 0 amide bonds. The zero-order valence-corrected chi connectivity index (χ0v) is 15.9. The van der Waals surface area contributed by atoms with Crippen molar-refractivity contribution in [2.45, 2.75) is 50.9 Å². The molecule has 3 rings (SSSR count). The first-order valence-electron chi connectivity index (χ1n) is 9.76. The minimum absolute atomic E-state index is 0.165. The lowest BCUT2D eigenvalue weighted by molar-refractivity contribution is 0.406. The van der Waals surface area contributed by atoms with Crippen molar-refractivity contribution in [2.24, 2.45) is 0 Å². The highest BCUT2D eigenvalue weighted by Gasteiger charge is 2.22. The van der Waals surface area contributed by atoms with E-state index in [1.54, 1.807) is 6.07 Å². The number of hydrogen-bond acceptors (Lipinski definition) is 1. The van der Waals surface area contributed by atoms with Crippen LogP contribution in [-0.4, -0.2) is 5.11 Å². The predicted molar refractivity (Wildman–Crippen MR) is 107 cm³/mol. The van der Waals surface area contributed by atoms with E-state index in [9.17, 15) is 18.3 Å². The maximum atomic E-state index is 14.4. The fourth-order valence-electron chi connectivity index (χ4n) is 3.79. The summed E-state index contributed by atoms with van der Waals surface area (Å²) in [6.45, 7) is 3.69. The molecule has 1 atom stereocenters. The summed E-state index contributed by atoms with van der Waals surface area (Å²) < 4.78 is 42.1. The number of allylic oxidation sites excluding steroid dienone is 3. The summed E-state index contributed by atoms with van der Waals surface area (Å²) in [7, 11) is 0. The van der Waals surface area contributed by atoms with Crippen LogP contribution in [0.4, 0.5) is 13.2 Å². The van der Waals surface area contributed by atoms with Gasteiger partial charge in [-0.1, -0.05) is 24.3 Å². The Morgan fingerprint density at radius 2 is 1.89 bits per heavy atom. The molecule has 1 aliphatic rings. The molecule has 0 saturated heterocycles. The van der Waals surface area contributed by atoms with E-state index in [0.717, 1.165) is 48.8 Å². The first-order chi connectivity index (χ1) is 13.5. The van der Waals surface area contributed by atoms with Gasteiger partial charge in [0.2, 0.25) is 5.82 Å². The van der Waals surface area contributed by atoms with E-state index in [1.165, 1.54) is 12.1 Å². The fourth-order valence-corrected chi connectivity index (χ4v) is 3.79. The molecule has 0 radical (unpaired) electrons. The molecule has 0 fully saturated rings. The molecule has 0 saturated carbocycles. The van der Waals surface area contributed by atoms with Crippen LogP contribution in [-0.2, 0) is 6.42 Å². The van der Waals surface area contributed by atoms with Crippen molar-refractivity contribution in [3.05, 3.63) is 83.2 Å². The van der Waals surface area contributed by atoms with Gasteiger partial charge in [-0.2, -0.15) is 4.39 Å². The highest BCUT2D eigenvalue weighted by atomic mass is 19.2. The molecular formula is C24H25F3O. The minimum Gasteiger partial charge on any atom is -0.505 e. The lowest BCUT2D eigenvalue weighted by Gasteiger charge is -2.23. The van der Waals surface area contributed by atoms with E-state index in [-0.39, 0.29) is 17.3 Å². The number of halogens is 3. The Labute approximate surface area is 164 Å². The summed E-state index contributed by atoms with van der Waals surface area (Å²) in [6, 6.07) is 8.04. The van der Waals surface area contributed by atoms with Crippen LogP contribution in [0.15, 0.2) is 49.1 Å². The quantitative estimate of drug-likeness (QED) is 0.399. The molecule has 0 aromatic heterocycles. The smallest absolute Gasteiger partial charge is 0.200 e. The van der Waals surface area contributed by atoms with Crippen LogP contribution in [0.3, 0.4) is 0 Å². The van der Waals surface area contributed by atoms with E-state index in [2.05, 4.69) is 6.58 Å². The van der Waals surface area contributed by atoms with Crippen LogP contribution in [0.2, 0.25) is 0 Å². The fraction of sp³-hybridized carbons (Fsp3) is 0.333. The van der Waals surface area contributed by atoms with Crippen molar-refractivity contribution in [3.8, 4) is 5.75 Å². The summed E-state index contributed by atoms with van der Waals surface area (Å²) in [5.41, 5.74) is 2.60. The maximum Gasteiger partial charge on any atom is 0.200 e. The Morgan fingerprint density at radius 1 is 1.07 bits per heavy atom. The number of phenols is 1. The van der Waals surface area contributed by atoms with Gasteiger partial charge in [-0.3, -0.25) is 0 Å². The van der Waals surface area contributed by atoms with Crippen LogP contribution < -0.4 is 0 Å². The van der Waals surface area contributed by atoms with Gasteiger partial charge in [0.05, 0.1) is 0 Å². The van der Waals surface area contributed by atoms with E-state index < -0.39 is 17.4 Å². The van der Waals surface area contributed by atoms with Gasteiger partial charge in [0, 0.05) is 5.56 Å². The van der Waals surface area contributed by atoms with Gasteiger partial charge in [-0.15, -0.1) is 6.58 Å². The molecule has 2 aromatic rings. The number of aryl methyl sites for hydroxylation is 1. The van der Waals surface area contributed by atoms with Gasteiger partial charge < -0.3 is 5.11 Å². The molecule has 0 aliphatic heterocycles. The first-order valence-corrected chi connectivity index (χ1v) is 9.76. The minimum atomic E-state index is -1.22. The van der Waals surface area contributed by atoms with Crippen LogP contribution in [0.1, 0.15) is 61.1 Å². The molecule has 1 N–H and O–H groups in total. The van der Waals surface area contributed by atoms with Crippen LogP contribution in [0.25, 0.3) is 5.57 Å². The SMILES string of the molecule is C=CCCCCc1ccc(C2CC=C(c3ccc(O)c(F)c3F)CC2)cc1F. The van der Waals surface area contributed by atoms with Gasteiger partial charge in [0.25, 0.3) is 0 Å². The Balaban J connectivity index is 1.68. The van der Waals surface area contributed by atoms with E-state index in [4.69, 9.17) is 0 Å². The molecule has 1 nitrogen and oxygen atoms in total. The average Bonchev–Trinajstić information content (AvgIpc) is 2.71. The molecule has 0 spiro atoms. The molecule has 148 valence electrons. The lowest BCUT2D eigenvalue weighted by Crippen LogP contribution is -2.06. The number of rotatable bonds is 7. The highest BCUT2D eigenvalue weighted by molar-refractivity contribution is 5.67. The monoisotopic (exact) mass is 386 g/mol. The normalized spacial score (nSPS) is 16.7. The molecule has 0 bridgehead atoms. The third kappa shape index (κ3) is 4.49. The van der Waals surface area contributed by atoms with Crippen molar-refractivity contribution in [1.82, 2.24) is 0 Å². The van der Waals surface area contributed by atoms with Crippen LogP contribution >= 0.6 is 0 Å². The number of aromatic hydroxyl groups is 1. The molecule has 1 aliphatic carbocycles. The highest BCUT2D eigenvalue weighted by Crippen LogP contribution is 2.38. The summed E-state index contributed by atoms with van der Waals surface area (Å²) in [5, 5.41) is 9.27. The Hall–Kier alpha value is -2.49. The Bertz CT molecular complexity index is 886. The van der Waals surface area contributed by atoms with Crippen molar-refractivity contribution in [2.75, 3.05) is 0 Å². The molecule has 2 aromatic carbocycles. The molecule has 28 heavy (non-hydrogen) atoms. The zero-order valence-electron chi connectivity index (χ0n) is 15.9. The molecule has 0 heterocycles. The summed E-state index contributed by atoms with van der Waals surface area (Å²) in [4.78, 5) is 0. The lowest BCUT2D eigenvalue weighted by atomic mass is 9.82. The maximum absolute atomic E-state index is 14.4. The van der Waals surface area contributed by atoms with Crippen LogP contribution in [0.5, 0.6) is 5.75 Å². The van der Waals surface area contributed by atoms with Gasteiger partial charge >= 0.3 is 0 Å². The summed E-state index contributed by atoms with van der Waals surface area (Å²) in [6.07, 6.45) is 9.36. The molecular weight excluding hydrogens is 361 g/mol. The third-order valence-corrected chi connectivity index (χ3v) is 5.47. The van der Waals surface area contributed by atoms with E-state index in [1.807, 2.05) is 24.3 Å². The molecule has 4 heteroatoms. The predicted octanol–water partition coefficient (Wildman–Crippen LogP) is 7.06. The number of phenolic OH excluding ortho intramolecular Hbond substituents is 1. The summed E-state index contributed by atoms with van der Waals surface area (Å²) >= 11 is 0. The third-order valence-electron chi connectivity index (χ3n) is 5.47. The van der Waals surface area contributed by atoms with Gasteiger partial charge in [0.1, 0.15) is 5.82 Å². The topological polar surface area (TPSA) is 20.2 Å². The second kappa shape index (κ2) is 9.13. The first kappa shape index (κ1) is 20.2. The standard InChI is InChI=1S/C24H25F3O/c1-2-3-4-5-6-18-11-12-19(15-21(18)25)16-7-9-17(10-8-16)20-13-14-22(28)24(27)23(20)26/h2,9,11-16,28H,1,3-8,10H2. The van der Waals surface area contributed by atoms with Crippen molar-refractivity contribution < 1.29 is 18.3 Å². The van der Waals surface area contributed by atoms with Crippen molar-refractivity contribution in [1.29, 1.82) is 0 Å². The van der Waals surface area contributed by atoms with Crippen molar-refractivity contribution in [3.63, 3.8) is 0 Å². The van der Waals surface area contributed by atoms with Gasteiger partial charge in [-0.05, 0) is 85.8 Å². The Kier molecular flexibility index (Phi) is 6.61. The average molecular weight is 386 g/mol. The number of unbranched alkanes of at least 4 members (excludes halogenated alkanes) is 2.